The molecular formula is C15H13BrN2O3S. The predicted octanol–water partition coefficient (Wildman–Crippen LogP) is 3.67. The lowest BCUT2D eigenvalue weighted by atomic mass is 10.3. The van der Waals surface area contributed by atoms with Crippen molar-refractivity contribution in [3.05, 3.63) is 47.0 Å². The summed E-state index contributed by atoms with van der Waals surface area (Å²) in [5, 5.41) is 3.08. The van der Waals surface area contributed by atoms with Crippen molar-refractivity contribution in [1.82, 2.24) is 4.98 Å². The van der Waals surface area contributed by atoms with Crippen molar-refractivity contribution < 1.29 is 14.3 Å². The minimum atomic E-state index is -0.568. The number of thiazole rings is 1. The van der Waals surface area contributed by atoms with Gasteiger partial charge in [-0.05, 0) is 25.1 Å². The van der Waals surface area contributed by atoms with Crippen LogP contribution in [0.1, 0.15) is 6.92 Å². The second-order valence-corrected chi connectivity index (χ2v) is 6.12. The van der Waals surface area contributed by atoms with Gasteiger partial charge in [0, 0.05) is 10.5 Å². The lowest BCUT2D eigenvalue weighted by Crippen LogP contribution is -2.19. The average Bonchev–Trinajstić information content (AvgIpc) is 2.86. The van der Waals surface area contributed by atoms with Gasteiger partial charge in [-0.3, -0.25) is 10.1 Å². The van der Waals surface area contributed by atoms with Crippen molar-refractivity contribution in [3.63, 3.8) is 0 Å². The maximum absolute atomic E-state index is 11.7. The Morgan fingerprint density at radius 2 is 2.23 bits per heavy atom. The largest absolute Gasteiger partial charge is 0.452 e. The number of carbonyl (C=O) groups excluding carboxylic acids is 2. The van der Waals surface area contributed by atoms with Gasteiger partial charge in [-0.15, -0.1) is 0 Å². The number of carbonyl (C=O) groups is 2. The highest BCUT2D eigenvalue weighted by Gasteiger charge is 2.09. The Labute approximate surface area is 139 Å². The number of esters is 1. The first-order chi connectivity index (χ1) is 10.6. The van der Waals surface area contributed by atoms with E-state index >= 15 is 0 Å². The van der Waals surface area contributed by atoms with Crippen molar-refractivity contribution in [2.24, 2.45) is 0 Å². The molecule has 114 valence electrons. The summed E-state index contributed by atoms with van der Waals surface area (Å²) in [5.74, 6) is -0.993. The van der Waals surface area contributed by atoms with Crippen molar-refractivity contribution in [2.45, 2.75) is 6.92 Å². The number of amides is 1. The van der Waals surface area contributed by atoms with Crippen LogP contribution in [0.5, 0.6) is 0 Å². The standard InChI is InChI=1S/C15H13BrN2O3S/c1-2-3-4-5-14(20)21-9-13(19)18-15-17-11-7-6-10(16)8-12(11)22-15/h2-8H,9H2,1H3,(H,17,18,19)/b3-2+,5-4+. The normalized spacial score (nSPS) is 11.4. The summed E-state index contributed by atoms with van der Waals surface area (Å²) in [6.07, 6.45) is 6.27. The minimum absolute atomic E-state index is 0.349. The van der Waals surface area contributed by atoms with Gasteiger partial charge < -0.3 is 4.74 Å². The third kappa shape index (κ3) is 4.78. The van der Waals surface area contributed by atoms with Crippen molar-refractivity contribution in [3.8, 4) is 0 Å². The number of benzene rings is 1. The van der Waals surface area contributed by atoms with E-state index in [4.69, 9.17) is 4.74 Å². The van der Waals surface area contributed by atoms with Crippen LogP contribution >= 0.6 is 27.3 Å². The van der Waals surface area contributed by atoms with E-state index in [2.05, 4.69) is 26.2 Å². The molecule has 1 N–H and O–H groups in total. The zero-order valence-electron chi connectivity index (χ0n) is 11.7. The third-order valence-electron chi connectivity index (χ3n) is 2.48. The molecule has 22 heavy (non-hydrogen) atoms. The fraction of sp³-hybridized carbons (Fsp3) is 0.133. The fourth-order valence-corrected chi connectivity index (χ4v) is 2.97. The number of hydrogen-bond donors (Lipinski definition) is 1. The summed E-state index contributed by atoms with van der Waals surface area (Å²) in [7, 11) is 0. The van der Waals surface area contributed by atoms with Crippen LogP contribution in [0.2, 0.25) is 0 Å². The van der Waals surface area contributed by atoms with Crippen LogP contribution in [0.4, 0.5) is 5.13 Å². The molecule has 0 aliphatic carbocycles. The van der Waals surface area contributed by atoms with Crippen LogP contribution in [0.3, 0.4) is 0 Å². The van der Waals surface area contributed by atoms with E-state index in [9.17, 15) is 9.59 Å². The monoisotopic (exact) mass is 380 g/mol. The fourth-order valence-electron chi connectivity index (χ4n) is 1.54. The van der Waals surface area contributed by atoms with Crippen LogP contribution in [-0.4, -0.2) is 23.5 Å². The molecule has 7 heteroatoms. The van der Waals surface area contributed by atoms with E-state index in [0.717, 1.165) is 14.7 Å². The molecule has 0 unspecified atom stereocenters. The van der Waals surface area contributed by atoms with E-state index in [-0.39, 0.29) is 6.61 Å². The molecule has 0 atom stereocenters. The average molecular weight is 381 g/mol. The molecule has 1 aromatic carbocycles. The Kier molecular flexibility index (Phi) is 5.85. The molecule has 0 saturated carbocycles. The maximum atomic E-state index is 11.7. The number of ether oxygens (including phenoxy) is 1. The van der Waals surface area contributed by atoms with Crippen LogP contribution in [0.25, 0.3) is 10.2 Å². The number of anilines is 1. The molecule has 2 aromatic rings. The first kappa shape index (κ1) is 16.4. The van der Waals surface area contributed by atoms with Crippen molar-refractivity contribution >= 4 is 54.5 Å². The highest BCUT2D eigenvalue weighted by Crippen LogP contribution is 2.28. The van der Waals surface area contributed by atoms with Gasteiger partial charge in [0.05, 0.1) is 10.2 Å². The topological polar surface area (TPSA) is 68.3 Å². The smallest absolute Gasteiger partial charge is 0.331 e. The van der Waals surface area contributed by atoms with Gasteiger partial charge in [0.2, 0.25) is 0 Å². The predicted molar refractivity (Wildman–Crippen MR) is 90.9 cm³/mol. The molecule has 0 aliphatic rings. The summed E-state index contributed by atoms with van der Waals surface area (Å²) in [5.41, 5.74) is 0.801. The molecule has 5 nitrogen and oxygen atoms in total. The Balaban J connectivity index is 1.89. The highest BCUT2D eigenvalue weighted by atomic mass is 79.9. The zero-order valence-corrected chi connectivity index (χ0v) is 14.1. The molecule has 0 radical (unpaired) electrons. The first-order valence-corrected chi connectivity index (χ1v) is 8.01. The Morgan fingerprint density at radius 1 is 1.41 bits per heavy atom. The van der Waals surface area contributed by atoms with Crippen LogP contribution in [-0.2, 0) is 14.3 Å². The molecule has 0 spiro atoms. The molecule has 1 amide bonds. The van der Waals surface area contributed by atoms with E-state index in [1.165, 1.54) is 17.4 Å². The van der Waals surface area contributed by atoms with Crippen LogP contribution in [0.15, 0.2) is 47.0 Å². The number of nitrogens with zero attached hydrogens (tertiary/aromatic N) is 1. The van der Waals surface area contributed by atoms with E-state index in [1.54, 1.807) is 18.2 Å². The summed E-state index contributed by atoms with van der Waals surface area (Å²) in [6, 6.07) is 5.67. The SMILES string of the molecule is C/C=C/C=C/C(=O)OCC(=O)Nc1nc2ccc(Br)cc2s1. The molecule has 1 aromatic heterocycles. The second kappa shape index (κ2) is 7.86. The van der Waals surface area contributed by atoms with Gasteiger partial charge in [-0.1, -0.05) is 45.5 Å². The summed E-state index contributed by atoms with van der Waals surface area (Å²) >= 11 is 4.74. The lowest BCUT2D eigenvalue weighted by Gasteiger charge is -2.01. The number of hydrogen-bond acceptors (Lipinski definition) is 5. The van der Waals surface area contributed by atoms with Crippen molar-refractivity contribution in [2.75, 3.05) is 11.9 Å². The minimum Gasteiger partial charge on any atom is -0.452 e. The zero-order chi connectivity index (χ0) is 15.9. The third-order valence-corrected chi connectivity index (χ3v) is 3.91. The van der Waals surface area contributed by atoms with Gasteiger partial charge in [-0.25, -0.2) is 9.78 Å². The maximum Gasteiger partial charge on any atom is 0.331 e. The Hall–Kier alpha value is -1.99. The molecule has 0 saturated heterocycles. The van der Waals surface area contributed by atoms with Gasteiger partial charge in [0.25, 0.3) is 5.91 Å². The second-order valence-electron chi connectivity index (χ2n) is 4.17. The van der Waals surface area contributed by atoms with Gasteiger partial charge in [0.15, 0.2) is 11.7 Å². The molecule has 0 aliphatic heterocycles. The summed E-state index contributed by atoms with van der Waals surface area (Å²) in [6.45, 7) is 1.48. The first-order valence-electron chi connectivity index (χ1n) is 6.40. The van der Waals surface area contributed by atoms with E-state index in [0.29, 0.717) is 5.13 Å². The number of fused-ring (bicyclic) bond motifs is 1. The highest BCUT2D eigenvalue weighted by molar-refractivity contribution is 9.10. The quantitative estimate of drug-likeness (QED) is 0.488. The number of aromatic nitrogens is 1. The number of nitrogens with one attached hydrogen (secondary N) is 1. The van der Waals surface area contributed by atoms with Gasteiger partial charge in [-0.2, -0.15) is 0 Å². The number of rotatable bonds is 5. The van der Waals surface area contributed by atoms with Crippen LogP contribution < -0.4 is 5.32 Å². The van der Waals surface area contributed by atoms with Crippen molar-refractivity contribution in [1.29, 1.82) is 0 Å². The molecule has 0 bridgehead atoms. The molecule has 1 heterocycles. The van der Waals surface area contributed by atoms with E-state index in [1.807, 2.05) is 25.1 Å². The van der Waals surface area contributed by atoms with Gasteiger partial charge >= 0.3 is 5.97 Å². The molecule has 0 fully saturated rings. The Bertz CT molecular complexity index is 752. The molecule has 2 rings (SSSR count). The van der Waals surface area contributed by atoms with Gasteiger partial charge in [0.1, 0.15) is 0 Å². The molecular weight excluding hydrogens is 368 g/mol. The Morgan fingerprint density at radius 3 is 3.00 bits per heavy atom. The summed E-state index contributed by atoms with van der Waals surface area (Å²) < 4.78 is 6.72. The number of halogens is 1. The lowest BCUT2D eigenvalue weighted by molar-refractivity contribution is -0.142. The number of allylic oxidation sites excluding steroid dienone is 3. The summed E-state index contributed by atoms with van der Waals surface area (Å²) in [4.78, 5) is 27.3. The van der Waals surface area contributed by atoms with E-state index < -0.39 is 11.9 Å². The van der Waals surface area contributed by atoms with Crippen LogP contribution in [0, 0.1) is 0 Å².